The Morgan fingerprint density at radius 3 is 2.71 bits per heavy atom. The molecule has 21 heavy (non-hydrogen) atoms. The van der Waals surface area contributed by atoms with E-state index in [1.165, 1.54) is 6.42 Å². The van der Waals surface area contributed by atoms with Gasteiger partial charge in [-0.2, -0.15) is 5.10 Å². The van der Waals surface area contributed by atoms with Crippen LogP contribution in [-0.4, -0.2) is 40.2 Å². The molecule has 0 unspecified atom stereocenters. The molecule has 2 heterocycles. The zero-order valence-corrected chi connectivity index (χ0v) is 13.2. The van der Waals surface area contributed by atoms with Crippen molar-refractivity contribution in [3.05, 3.63) is 5.69 Å². The maximum absolute atomic E-state index is 12.1. The minimum atomic E-state index is 0.233. The van der Waals surface area contributed by atoms with Crippen LogP contribution in [0.5, 0.6) is 0 Å². The van der Waals surface area contributed by atoms with E-state index >= 15 is 0 Å². The van der Waals surface area contributed by atoms with E-state index in [1.54, 1.807) is 4.68 Å². The lowest BCUT2D eigenvalue weighted by molar-refractivity contribution is -0.131. The van der Waals surface area contributed by atoms with Crippen LogP contribution in [0, 0.1) is 0 Å². The minimum Gasteiger partial charge on any atom is -0.394 e. The van der Waals surface area contributed by atoms with E-state index < -0.39 is 0 Å². The first kappa shape index (κ1) is 15.7. The largest absolute Gasteiger partial charge is 0.394 e. The van der Waals surface area contributed by atoms with Crippen LogP contribution in [0.25, 0.3) is 0 Å². The molecular weight excluding hydrogens is 266 g/mol. The minimum absolute atomic E-state index is 0.233. The van der Waals surface area contributed by atoms with E-state index in [4.69, 9.17) is 5.73 Å². The van der Waals surface area contributed by atoms with Gasteiger partial charge in [-0.25, -0.2) is 0 Å². The first-order valence-electron chi connectivity index (χ1n) is 7.96. The van der Waals surface area contributed by atoms with Gasteiger partial charge in [0.25, 0.3) is 0 Å². The number of amides is 1. The van der Waals surface area contributed by atoms with E-state index in [2.05, 4.69) is 17.3 Å². The topological polar surface area (TPSA) is 76.2 Å². The highest BCUT2D eigenvalue weighted by molar-refractivity contribution is 5.77. The van der Waals surface area contributed by atoms with Crippen LogP contribution >= 0.6 is 0 Å². The number of rotatable bonds is 6. The fraction of sp³-hybridized carbons (Fsp3) is 0.733. The summed E-state index contributed by atoms with van der Waals surface area (Å²) in [7, 11) is 1.88. The van der Waals surface area contributed by atoms with Crippen molar-refractivity contribution in [3.8, 4) is 0 Å². The fourth-order valence-corrected chi connectivity index (χ4v) is 2.82. The SMILES string of the molecule is CCCc1nn(C)c(NCCC(=O)N2CCCCC2)c1N. The van der Waals surface area contributed by atoms with E-state index in [-0.39, 0.29) is 5.91 Å². The summed E-state index contributed by atoms with van der Waals surface area (Å²) in [5, 5.41) is 7.68. The van der Waals surface area contributed by atoms with Gasteiger partial charge in [0.05, 0.1) is 11.4 Å². The molecule has 3 N–H and O–H groups in total. The molecule has 0 aliphatic carbocycles. The Kier molecular flexibility index (Phi) is 5.47. The molecule has 1 aliphatic heterocycles. The highest BCUT2D eigenvalue weighted by atomic mass is 16.2. The molecule has 1 aromatic rings. The summed E-state index contributed by atoms with van der Waals surface area (Å²) in [6.07, 6.45) is 5.92. The number of piperidine rings is 1. The summed E-state index contributed by atoms with van der Waals surface area (Å²) in [5.74, 6) is 1.06. The molecule has 6 nitrogen and oxygen atoms in total. The second kappa shape index (κ2) is 7.33. The third kappa shape index (κ3) is 3.89. The van der Waals surface area contributed by atoms with Crippen LogP contribution in [0.4, 0.5) is 11.5 Å². The standard InChI is InChI=1S/C15H27N5O/c1-3-7-12-14(16)15(19(2)18-12)17-9-8-13(21)20-10-5-4-6-11-20/h17H,3-11,16H2,1-2H3. The van der Waals surface area contributed by atoms with Gasteiger partial charge in [-0.15, -0.1) is 0 Å². The quantitative estimate of drug-likeness (QED) is 0.838. The lowest BCUT2D eigenvalue weighted by Crippen LogP contribution is -2.36. The van der Waals surface area contributed by atoms with Crippen LogP contribution < -0.4 is 11.1 Å². The van der Waals surface area contributed by atoms with Crippen molar-refractivity contribution in [2.75, 3.05) is 30.7 Å². The third-order valence-electron chi connectivity index (χ3n) is 3.99. The molecule has 1 aliphatic rings. The number of nitrogen functional groups attached to an aromatic ring is 1. The Hall–Kier alpha value is -1.72. The second-order valence-electron chi connectivity index (χ2n) is 5.70. The summed E-state index contributed by atoms with van der Waals surface area (Å²) >= 11 is 0. The number of aryl methyl sites for hydroxylation is 2. The highest BCUT2D eigenvalue weighted by Crippen LogP contribution is 2.23. The molecule has 0 saturated carbocycles. The molecule has 6 heteroatoms. The van der Waals surface area contributed by atoms with Gasteiger partial charge in [0, 0.05) is 33.1 Å². The van der Waals surface area contributed by atoms with E-state index in [1.807, 2.05) is 11.9 Å². The molecule has 1 aromatic heterocycles. The second-order valence-corrected chi connectivity index (χ2v) is 5.70. The van der Waals surface area contributed by atoms with Gasteiger partial charge in [0.15, 0.2) is 0 Å². The Balaban J connectivity index is 1.84. The van der Waals surface area contributed by atoms with Gasteiger partial charge < -0.3 is 16.0 Å². The predicted octanol–water partition coefficient (Wildman–Crippen LogP) is 1.77. The number of hydrogen-bond acceptors (Lipinski definition) is 4. The zero-order valence-electron chi connectivity index (χ0n) is 13.2. The summed E-state index contributed by atoms with van der Waals surface area (Å²) in [4.78, 5) is 14.1. The fourth-order valence-electron chi connectivity index (χ4n) is 2.82. The van der Waals surface area contributed by atoms with Crippen molar-refractivity contribution in [1.82, 2.24) is 14.7 Å². The molecule has 1 fully saturated rings. The normalized spacial score (nSPS) is 15.2. The molecule has 1 amide bonds. The Bertz CT molecular complexity index is 477. The van der Waals surface area contributed by atoms with Crippen molar-refractivity contribution in [2.45, 2.75) is 45.4 Å². The lowest BCUT2D eigenvalue weighted by atomic mass is 10.1. The third-order valence-corrected chi connectivity index (χ3v) is 3.99. The molecule has 0 aromatic carbocycles. The predicted molar refractivity (Wildman–Crippen MR) is 85.2 cm³/mol. The average molecular weight is 293 g/mol. The van der Waals surface area contributed by atoms with Crippen LogP contribution in [-0.2, 0) is 18.3 Å². The van der Waals surface area contributed by atoms with Crippen molar-refractivity contribution >= 4 is 17.4 Å². The maximum Gasteiger partial charge on any atom is 0.224 e. The average Bonchev–Trinajstić information content (AvgIpc) is 2.76. The number of carbonyl (C=O) groups is 1. The number of nitrogens with one attached hydrogen (secondary N) is 1. The number of anilines is 2. The molecule has 118 valence electrons. The van der Waals surface area contributed by atoms with Gasteiger partial charge in [-0.3, -0.25) is 9.48 Å². The Morgan fingerprint density at radius 1 is 1.33 bits per heavy atom. The van der Waals surface area contributed by atoms with Crippen LogP contribution in [0.3, 0.4) is 0 Å². The van der Waals surface area contributed by atoms with Gasteiger partial charge in [-0.1, -0.05) is 13.3 Å². The first-order valence-corrected chi connectivity index (χ1v) is 7.96. The van der Waals surface area contributed by atoms with Gasteiger partial charge >= 0.3 is 0 Å². The molecule has 0 radical (unpaired) electrons. The van der Waals surface area contributed by atoms with Crippen LogP contribution in [0.2, 0.25) is 0 Å². The van der Waals surface area contributed by atoms with Crippen molar-refractivity contribution in [3.63, 3.8) is 0 Å². The summed E-state index contributed by atoms with van der Waals surface area (Å²) in [6.45, 7) is 4.53. The molecule has 0 spiro atoms. The van der Waals surface area contributed by atoms with Gasteiger partial charge in [0.2, 0.25) is 5.91 Å². The number of nitrogens with two attached hydrogens (primary N) is 1. The van der Waals surface area contributed by atoms with E-state index in [0.29, 0.717) is 18.7 Å². The molecule has 0 atom stereocenters. The molecular formula is C15H27N5O. The maximum atomic E-state index is 12.1. The Morgan fingerprint density at radius 2 is 2.05 bits per heavy atom. The van der Waals surface area contributed by atoms with Crippen molar-refractivity contribution in [1.29, 1.82) is 0 Å². The van der Waals surface area contributed by atoms with Gasteiger partial charge in [-0.05, 0) is 25.7 Å². The lowest BCUT2D eigenvalue weighted by Gasteiger charge is -2.26. The zero-order chi connectivity index (χ0) is 15.2. The van der Waals surface area contributed by atoms with Crippen LogP contribution in [0.15, 0.2) is 0 Å². The molecule has 0 bridgehead atoms. The smallest absolute Gasteiger partial charge is 0.224 e. The van der Waals surface area contributed by atoms with E-state index in [0.717, 1.165) is 50.3 Å². The highest BCUT2D eigenvalue weighted by Gasteiger charge is 2.17. The number of likely N-dealkylation sites (tertiary alicyclic amines) is 1. The van der Waals surface area contributed by atoms with Crippen LogP contribution in [0.1, 0.15) is 44.7 Å². The summed E-state index contributed by atoms with van der Waals surface area (Å²) in [5.41, 5.74) is 7.76. The summed E-state index contributed by atoms with van der Waals surface area (Å²) in [6, 6.07) is 0. The van der Waals surface area contributed by atoms with E-state index in [9.17, 15) is 4.79 Å². The number of carbonyl (C=O) groups excluding carboxylic acids is 1. The molecule has 2 rings (SSSR count). The summed E-state index contributed by atoms with van der Waals surface area (Å²) < 4.78 is 1.77. The Labute approximate surface area is 126 Å². The monoisotopic (exact) mass is 293 g/mol. The van der Waals surface area contributed by atoms with Gasteiger partial charge in [0.1, 0.15) is 5.82 Å². The van der Waals surface area contributed by atoms with Crippen molar-refractivity contribution in [2.24, 2.45) is 7.05 Å². The number of aromatic nitrogens is 2. The van der Waals surface area contributed by atoms with Crippen molar-refractivity contribution < 1.29 is 4.79 Å². The number of nitrogens with zero attached hydrogens (tertiary/aromatic N) is 3. The molecule has 1 saturated heterocycles. The number of hydrogen-bond donors (Lipinski definition) is 2. The first-order chi connectivity index (χ1) is 10.1.